The van der Waals surface area contributed by atoms with E-state index in [-0.39, 0.29) is 0 Å². The molecule has 0 aromatic carbocycles. The lowest BCUT2D eigenvalue weighted by atomic mass is 10.3. The largest absolute Gasteiger partial charge is 0.373 e. The average molecular weight is 263 g/mol. The molecular weight excluding hydrogens is 246 g/mol. The van der Waals surface area contributed by atoms with Crippen molar-refractivity contribution in [3.8, 4) is 0 Å². The quantitative estimate of drug-likeness (QED) is 0.839. The number of aryl methyl sites for hydroxylation is 2. The van der Waals surface area contributed by atoms with Crippen molar-refractivity contribution in [1.82, 2.24) is 19.7 Å². The minimum Gasteiger partial charge on any atom is -0.373 e. The van der Waals surface area contributed by atoms with Crippen molar-refractivity contribution in [1.29, 1.82) is 0 Å². The van der Waals surface area contributed by atoms with Crippen LogP contribution < -0.4 is 5.32 Å². The van der Waals surface area contributed by atoms with Gasteiger partial charge in [-0.1, -0.05) is 18.7 Å². The molecule has 0 aliphatic heterocycles. The predicted molar refractivity (Wildman–Crippen MR) is 72.9 cm³/mol. The second-order valence-corrected chi connectivity index (χ2v) is 5.05. The number of aromatic nitrogens is 4. The molecule has 0 bridgehead atoms. The predicted octanol–water partition coefficient (Wildman–Crippen LogP) is 2.36. The molecular formula is C12H17N5S. The summed E-state index contributed by atoms with van der Waals surface area (Å²) < 4.78 is 1.79. The second kappa shape index (κ2) is 5.86. The fraction of sp³-hybridized carbons (Fsp3) is 0.417. The highest BCUT2D eigenvalue weighted by atomic mass is 32.2. The highest BCUT2D eigenvalue weighted by Gasteiger charge is 2.06. The zero-order valence-electron chi connectivity index (χ0n) is 10.8. The van der Waals surface area contributed by atoms with E-state index < -0.39 is 0 Å². The van der Waals surface area contributed by atoms with Crippen molar-refractivity contribution in [3.05, 3.63) is 24.3 Å². The van der Waals surface area contributed by atoms with Crippen LogP contribution in [0.4, 0.5) is 5.82 Å². The first-order valence-corrected chi connectivity index (χ1v) is 6.75. The lowest BCUT2D eigenvalue weighted by molar-refractivity contribution is 0.766. The van der Waals surface area contributed by atoms with Crippen LogP contribution in [0.2, 0.25) is 0 Å². The first-order chi connectivity index (χ1) is 8.71. The van der Waals surface area contributed by atoms with Crippen LogP contribution in [0.3, 0.4) is 0 Å². The fourth-order valence-corrected chi connectivity index (χ4v) is 2.43. The number of hydrogen-bond acceptors (Lipinski definition) is 5. The van der Waals surface area contributed by atoms with Gasteiger partial charge >= 0.3 is 0 Å². The molecule has 0 aliphatic rings. The maximum absolute atomic E-state index is 4.55. The molecule has 0 spiro atoms. The summed E-state index contributed by atoms with van der Waals surface area (Å²) in [6.07, 6.45) is 5.76. The molecule has 0 amide bonds. The van der Waals surface area contributed by atoms with E-state index in [2.05, 4.69) is 27.3 Å². The summed E-state index contributed by atoms with van der Waals surface area (Å²) in [5.74, 6) is 1.75. The summed E-state index contributed by atoms with van der Waals surface area (Å²) in [5, 5.41) is 8.17. The van der Waals surface area contributed by atoms with Gasteiger partial charge in [-0.3, -0.25) is 4.68 Å². The summed E-state index contributed by atoms with van der Waals surface area (Å²) in [4.78, 5) is 10.1. The molecule has 0 aliphatic carbocycles. The number of hydrogen-bond donors (Lipinski definition) is 1. The molecule has 0 fully saturated rings. The lowest BCUT2D eigenvalue weighted by Gasteiger charge is -2.06. The third-order valence-corrected chi connectivity index (χ3v) is 3.25. The Morgan fingerprint density at radius 3 is 2.83 bits per heavy atom. The summed E-state index contributed by atoms with van der Waals surface area (Å²) >= 11 is 1.60. The Morgan fingerprint density at radius 1 is 1.39 bits per heavy atom. The van der Waals surface area contributed by atoms with E-state index in [9.17, 15) is 0 Å². The highest BCUT2D eigenvalue weighted by Crippen LogP contribution is 2.26. The van der Waals surface area contributed by atoms with Crippen LogP contribution in [0.5, 0.6) is 0 Å². The van der Waals surface area contributed by atoms with Gasteiger partial charge in [-0.15, -0.1) is 0 Å². The molecule has 18 heavy (non-hydrogen) atoms. The van der Waals surface area contributed by atoms with Crippen LogP contribution in [0.25, 0.3) is 0 Å². The SMILES string of the molecule is CCCc1nc(NC)cc(Sc2cnn(C)c2)n1. The van der Waals surface area contributed by atoms with E-state index in [1.807, 2.05) is 32.6 Å². The van der Waals surface area contributed by atoms with Crippen molar-refractivity contribution in [2.45, 2.75) is 29.7 Å². The van der Waals surface area contributed by atoms with Crippen molar-refractivity contribution >= 4 is 17.6 Å². The Morgan fingerprint density at radius 2 is 2.22 bits per heavy atom. The molecule has 2 aromatic heterocycles. The first kappa shape index (κ1) is 12.9. The molecule has 0 saturated heterocycles. The van der Waals surface area contributed by atoms with Crippen LogP contribution in [0.15, 0.2) is 28.4 Å². The minimum absolute atomic E-state index is 0.861. The van der Waals surface area contributed by atoms with Gasteiger partial charge in [0, 0.05) is 32.8 Å². The molecule has 6 heteroatoms. The third-order valence-electron chi connectivity index (χ3n) is 2.38. The molecule has 5 nitrogen and oxygen atoms in total. The maximum Gasteiger partial charge on any atom is 0.132 e. The smallest absolute Gasteiger partial charge is 0.132 e. The van der Waals surface area contributed by atoms with Crippen molar-refractivity contribution in [2.24, 2.45) is 7.05 Å². The van der Waals surface area contributed by atoms with Crippen LogP contribution >= 0.6 is 11.8 Å². The lowest BCUT2D eigenvalue weighted by Crippen LogP contribution is -2.00. The summed E-state index contributed by atoms with van der Waals surface area (Å²) in [6, 6.07) is 1.96. The van der Waals surface area contributed by atoms with Crippen LogP contribution in [-0.4, -0.2) is 26.8 Å². The van der Waals surface area contributed by atoms with Gasteiger partial charge in [-0.2, -0.15) is 5.10 Å². The zero-order valence-corrected chi connectivity index (χ0v) is 11.7. The fourth-order valence-electron chi connectivity index (χ4n) is 1.56. The van der Waals surface area contributed by atoms with Crippen LogP contribution in [0.1, 0.15) is 19.2 Å². The van der Waals surface area contributed by atoms with Gasteiger partial charge in [0.25, 0.3) is 0 Å². The third kappa shape index (κ3) is 3.22. The van der Waals surface area contributed by atoms with Gasteiger partial charge in [-0.25, -0.2) is 9.97 Å². The standard InChI is InChI=1S/C12H17N5S/c1-4-5-10-15-11(13-2)6-12(16-10)18-9-7-14-17(3)8-9/h6-8H,4-5H2,1-3H3,(H,13,15,16). The van der Waals surface area contributed by atoms with Crippen molar-refractivity contribution < 1.29 is 0 Å². The van der Waals surface area contributed by atoms with Crippen LogP contribution in [0, 0.1) is 0 Å². The van der Waals surface area contributed by atoms with E-state index in [4.69, 9.17) is 0 Å². The summed E-state index contributed by atoms with van der Waals surface area (Å²) in [6.45, 7) is 2.13. The Bertz CT molecular complexity index is 523. The van der Waals surface area contributed by atoms with E-state index in [1.54, 1.807) is 16.4 Å². The van der Waals surface area contributed by atoms with E-state index in [0.717, 1.165) is 34.4 Å². The van der Waals surface area contributed by atoms with Gasteiger partial charge in [0.1, 0.15) is 16.7 Å². The molecule has 96 valence electrons. The average Bonchev–Trinajstić information content (AvgIpc) is 2.75. The van der Waals surface area contributed by atoms with E-state index in [0.29, 0.717) is 0 Å². The minimum atomic E-state index is 0.861. The first-order valence-electron chi connectivity index (χ1n) is 5.93. The summed E-state index contributed by atoms with van der Waals surface area (Å²) in [5.41, 5.74) is 0. The molecule has 2 aromatic rings. The number of nitrogens with zero attached hydrogens (tertiary/aromatic N) is 4. The number of anilines is 1. The topological polar surface area (TPSA) is 55.6 Å². The normalized spacial score (nSPS) is 10.6. The molecule has 1 N–H and O–H groups in total. The molecule has 0 atom stereocenters. The monoisotopic (exact) mass is 263 g/mol. The van der Waals surface area contributed by atoms with Gasteiger partial charge in [0.15, 0.2) is 0 Å². The molecule has 2 heterocycles. The van der Waals surface area contributed by atoms with Gasteiger partial charge < -0.3 is 5.32 Å². The molecule has 0 unspecified atom stereocenters. The van der Waals surface area contributed by atoms with Crippen molar-refractivity contribution in [2.75, 3.05) is 12.4 Å². The number of rotatable bonds is 5. The van der Waals surface area contributed by atoms with Crippen LogP contribution in [-0.2, 0) is 13.5 Å². The van der Waals surface area contributed by atoms with Crippen molar-refractivity contribution in [3.63, 3.8) is 0 Å². The second-order valence-electron chi connectivity index (χ2n) is 3.96. The van der Waals surface area contributed by atoms with E-state index in [1.165, 1.54) is 0 Å². The molecule has 0 saturated carbocycles. The Labute approximate surface area is 111 Å². The van der Waals surface area contributed by atoms with E-state index >= 15 is 0 Å². The van der Waals surface area contributed by atoms with Gasteiger partial charge in [0.05, 0.1) is 11.1 Å². The van der Waals surface area contributed by atoms with Gasteiger partial charge in [-0.05, 0) is 6.42 Å². The zero-order chi connectivity index (χ0) is 13.0. The number of nitrogens with one attached hydrogen (secondary N) is 1. The molecule has 2 rings (SSSR count). The highest BCUT2D eigenvalue weighted by molar-refractivity contribution is 7.99. The summed E-state index contributed by atoms with van der Waals surface area (Å²) in [7, 11) is 3.78. The Hall–Kier alpha value is -1.56. The molecule has 0 radical (unpaired) electrons. The Kier molecular flexibility index (Phi) is 4.19. The van der Waals surface area contributed by atoms with Gasteiger partial charge in [0.2, 0.25) is 0 Å². The maximum atomic E-state index is 4.55. The Balaban J connectivity index is 2.23.